The number of hydrogen-bond donors (Lipinski definition) is 0. The van der Waals surface area contributed by atoms with E-state index in [1.54, 1.807) is 0 Å². The average Bonchev–Trinajstić information content (AvgIpc) is 3.59. The summed E-state index contributed by atoms with van der Waals surface area (Å²) in [5.74, 6) is 3.19. The molecule has 0 fully saturated rings. The first-order valence-electron chi connectivity index (χ1n) is 17.8. The third-order valence-corrected chi connectivity index (χ3v) is 10.4. The third-order valence-electron chi connectivity index (χ3n) is 10.4. The summed E-state index contributed by atoms with van der Waals surface area (Å²) in [4.78, 5) is 15.5. The molecule has 4 nitrogen and oxygen atoms in total. The van der Waals surface area contributed by atoms with Gasteiger partial charge in [0.1, 0.15) is 11.3 Å². The Kier molecular flexibility index (Phi) is 7.14. The zero-order valence-corrected chi connectivity index (χ0v) is 28.6. The van der Waals surface area contributed by atoms with Crippen LogP contribution in [0.3, 0.4) is 0 Å². The maximum atomic E-state index is 6.81. The first kappa shape index (κ1) is 30.2. The molecular formula is C48H33N3O. The van der Waals surface area contributed by atoms with Crippen molar-refractivity contribution in [3.05, 3.63) is 181 Å². The molecule has 246 valence electrons. The molecule has 0 saturated heterocycles. The Morgan fingerprint density at radius 1 is 0.481 bits per heavy atom. The molecule has 0 saturated carbocycles. The molecule has 0 bridgehead atoms. The zero-order valence-electron chi connectivity index (χ0n) is 28.6. The predicted octanol–water partition coefficient (Wildman–Crippen LogP) is 12.4. The van der Waals surface area contributed by atoms with Crippen LogP contribution in [0.2, 0.25) is 0 Å². The first-order valence-corrected chi connectivity index (χ1v) is 17.8. The molecule has 4 heteroatoms. The molecule has 0 spiro atoms. The van der Waals surface area contributed by atoms with Crippen molar-refractivity contribution >= 4 is 38.6 Å². The van der Waals surface area contributed by atoms with Crippen LogP contribution in [0.15, 0.2) is 168 Å². The van der Waals surface area contributed by atoms with Crippen molar-refractivity contribution < 1.29 is 4.42 Å². The minimum absolute atomic E-state index is 0.0738. The second-order valence-electron chi connectivity index (χ2n) is 13.7. The third kappa shape index (κ3) is 5.19. The lowest BCUT2D eigenvalue weighted by molar-refractivity contribution is 0.469. The summed E-state index contributed by atoms with van der Waals surface area (Å²) in [5.41, 5.74) is 8.37. The number of nitrogens with zero attached hydrogens (tertiary/aromatic N) is 3. The minimum Gasteiger partial charge on any atom is -0.460 e. The molecular weight excluding hydrogens is 635 g/mol. The minimum atomic E-state index is 0.0738. The topological polar surface area (TPSA) is 51.8 Å². The van der Waals surface area contributed by atoms with Gasteiger partial charge in [0.05, 0.1) is 0 Å². The van der Waals surface area contributed by atoms with E-state index in [0.29, 0.717) is 17.5 Å². The summed E-state index contributed by atoms with van der Waals surface area (Å²) in [6.07, 6.45) is 4.53. The van der Waals surface area contributed by atoms with E-state index in [2.05, 4.69) is 171 Å². The zero-order chi connectivity index (χ0) is 34.6. The maximum absolute atomic E-state index is 6.81. The second kappa shape index (κ2) is 12.3. The molecule has 2 heterocycles. The fourth-order valence-corrected chi connectivity index (χ4v) is 7.75. The summed E-state index contributed by atoms with van der Waals surface area (Å²) in [6, 6.07) is 55.2. The summed E-state index contributed by atoms with van der Waals surface area (Å²) in [7, 11) is 0. The van der Waals surface area contributed by atoms with Gasteiger partial charge in [-0.1, -0.05) is 159 Å². The van der Waals surface area contributed by atoms with Gasteiger partial charge in [-0.25, -0.2) is 15.0 Å². The Labute approximate surface area is 301 Å². The monoisotopic (exact) mass is 667 g/mol. The molecule has 2 atom stereocenters. The highest BCUT2D eigenvalue weighted by molar-refractivity contribution is 6.00. The van der Waals surface area contributed by atoms with Crippen LogP contribution >= 0.6 is 0 Å². The van der Waals surface area contributed by atoms with Gasteiger partial charge in [0.15, 0.2) is 17.5 Å². The van der Waals surface area contributed by atoms with E-state index in [4.69, 9.17) is 19.4 Å². The number of benzene rings is 7. The lowest BCUT2D eigenvalue weighted by Gasteiger charge is -2.24. The van der Waals surface area contributed by atoms with Crippen LogP contribution in [0.5, 0.6) is 0 Å². The number of aromatic nitrogens is 3. The van der Waals surface area contributed by atoms with Crippen molar-refractivity contribution in [3.8, 4) is 45.3 Å². The molecule has 2 aromatic heterocycles. The van der Waals surface area contributed by atoms with Crippen molar-refractivity contribution in [2.75, 3.05) is 0 Å². The van der Waals surface area contributed by atoms with Gasteiger partial charge < -0.3 is 4.42 Å². The number of fused-ring (bicyclic) bond motifs is 5. The van der Waals surface area contributed by atoms with Crippen LogP contribution in [0.25, 0.3) is 83.9 Å². The van der Waals surface area contributed by atoms with Crippen molar-refractivity contribution in [1.29, 1.82) is 0 Å². The van der Waals surface area contributed by atoms with Crippen LogP contribution in [0.1, 0.15) is 29.7 Å². The molecule has 52 heavy (non-hydrogen) atoms. The lowest BCUT2D eigenvalue weighted by atomic mass is 9.79. The molecule has 1 aliphatic carbocycles. The summed E-state index contributed by atoms with van der Waals surface area (Å²) >= 11 is 0. The van der Waals surface area contributed by atoms with E-state index >= 15 is 0 Å². The molecule has 0 amide bonds. The SMILES string of the molecule is CC1C=Cc2c(oc3cccc(-c4nc(-c5ccc6ccccc6c5)nc(-c5ccc6ccccc6c5)n4)c23)C1c1ccc(-c2ccccc2)cc1. The highest BCUT2D eigenvalue weighted by atomic mass is 16.3. The van der Waals surface area contributed by atoms with E-state index in [1.165, 1.54) is 27.5 Å². The molecule has 0 radical (unpaired) electrons. The van der Waals surface area contributed by atoms with Crippen molar-refractivity contribution in [1.82, 2.24) is 15.0 Å². The summed E-state index contributed by atoms with van der Waals surface area (Å²) < 4.78 is 6.81. The van der Waals surface area contributed by atoms with Crippen LogP contribution in [-0.4, -0.2) is 15.0 Å². The standard InChI is InChI=1S/C48H33N3O/c1-30-18-27-40-44-41(16-9-17-42(44)52-45(40)43(30)35-23-19-34(20-24-35)31-10-3-2-4-11-31)48-50-46(38-25-21-32-12-5-7-14-36(32)28-38)49-47(51-48)39-26-22-33-13-6-8-15-37(33)29-39/h2-30,43H,1H3. The van der Waals surface area contributed by atoms with Gasteiger partial charge in [-0.15, -0.1) is 0 Å². The smallest absolute Gasteiger partial charge is 0.164 e. The average molecular weight is 668 g/mol. The molecule has 7 aromatic carbocycles. The fourth-order valence-electron chi connectivity index (χ4n) is 7.75. The molecule has 9 aromatic rings. The van der Waals surface area contributed by atoms with Crippen LogP contribution < -0.4 is 0 Å². The van der Waals surface area contributed by atoms with Gasteiger partial charge in [-0.2, -0.15) is 0 Å². The molecule has 0 aliphatic heterocycles. The Morgan fingerprint density at radius 3 is 1.69 bits per heavy atom. The van der Waals surface area contributed by atoms with Crippen molar-refractivity contribution in [3.63, 3.8) is 0 Å². The first-order chi connectivity index (χ1) is 25.7. The quantitative estimate of drug-likeness (QED) is 0.183. The van der Waals surface area contributed by atoms with Gasteiger partial charge in [0.25, 0.3) is 0 Å². The number of allylic oxidation sites excluding steroid dienone is 1. The van der Waals surface area contributed by atoms with E-state index in [-0.39, 0.29) is 11.8 Å². The Morgan fingerprint density at radius 2 is 1.04 bits per heavy atom. The van der Waals surface area contributed by atoms with E-state index in [0.717, 1.165) is 49.8 Å². The normalized spacial score (nSPS) is 15.3. The van der Waals surface area contributed by atoms with Crippen LogP contribution in [-0.2, 0) is 0 Å². The predicted molar refractivity (Wildman–Crippen MR) is 213 cm³/mol. The number of furan rings is 1. The van der Waals surface area contributed by atoms with Crippen molar-refractivity contribution in [2.45, 2.75) is 12.8 Å². The molecule has 0 N–H and O–H groups in total. The largest absolute Gasteiger partial charge is 0.460 e. The summed E-state index contributed by atoms with van der Waals surface area (Å²) in [6.45, 7) is 2.26. The Hall–Kier alpha value is -6.65. The highest BCUT2D eigenvalue weighted by Gasteiger charge is 2.31. The Balaban J connectivity index is 1.14. The van der Waals surface area contributed by atoms with Gasteiger partial charge in [0, 0.05) is 33.6 Å². The fraction of sp³-hybridized carbons (Fsp3) is 0.0625. The maximum Gasteiger partial charge on any atom is 0.164 e. The highest BCUT2D eigenvalue weighted by Crippen LogP contribution is 2.46. The van der Waals surface area contributed by atoms with Gasteiger partial charge in [-0.3, -0.25) is 0 Å². The second-order valence-corrected chi connectivity index (χ2v) is 13.7. The van der Waals surface area contributed by atoms with Gasteiger partial charge in [0.2, 0.25) is 0 Å². The van der Waals surface area contributed by atoms with Crippen LogP contribution in [0.4, 0.5) is 0 Å². The van der Waals surface area contributed by atoms with E-state index < -0.39 is 0 Å². The molecule has 10 rings (SSSR count). The van der Waals surface area contributed by atoms with E-state index in [9.17, 15) is 0 Å². The summed E-state index contributed by atoms with van der Waals surface area (Å²) in [5, 5.41) is 5.65. The van der Waals surface area contributed by atoms with Crippen LogP contribution in [0, 0.1) is 5.92 Å². The Bertz CT molecular complexity index is 2720. The molecule has 2 unspecified atom stereocenters. The lowest BCUT2D eigenvalue weighted by Crippen LogP contribution is -2.13. The van der Waals surface area contributed by atoms with Gasteiger partial charge in [-0.05, 0) is 62.4 Å². The van der Waals surface area contributed by atoms with Gasteiger partial charge >= 0.3 is 0 Å². The van der Waals surface area contributed by atoms with E-state index in [1.807, 2.05) is 6.07 Å². The molecule has 1 aliphatic rings. The van der Waals surface area contributed by atoms with Crippen molar-refractivity contribution in [2.24, 2.45) is 5.92 Å². The number of rotatable bonds is 5. The number of hydrogen-bond acceptors (Lipinski definition) is 4.